The molecule has 0 bridgehead atoms. The molecule has 0 aliphatic carbocycles. The molecular weight excluding hydrogens is 342 g/mol. The zero-order valence-electron chi connectivity index (χ0n) is 14.9. The molecule has 6 heteroatoms. The molecule has 0 aromatic heterocycles. The Morgan fingerprint density at radius 2 is 1.93 bits per heavy atom. The fraction of sp³-hybridized carbons (Fsp3) is 0.190. The summed E-state index contributed by atoms with van der Waals surface area (Å²) < 4.78 is 0. The maximum absolute atomic E-state index is 12.7. The van der Waals surface area contributed by atoms with Gasteiger partial charge in [0.2, 0.25) is 5.91 Å². The van der Waals surface area contributed by atoms with Crippen LogP contribution in [0.4, 0.5) is 11.4 Å². The zero-order valence-corrected chi connectivity index (χ0v) is 14.9. The maximum Gasteiger partial charge on any atom is 0.255 e. The van der Waals surface area contributed by atoms with Gasteiger partial charge in [-0.05, 0) is 36.8 Å². The number of carbonyl (C=O) groups excluding carboxylic acids is 3. The molecule has 0 unspecified atom stereocenters. The van der Waals surface area contributed by atoms with Gasteiger partial charge >= 0.3 is 0 Å². The lowest BCUT2D eigenvalue weighted by Crippen LogP contribution is -2.25. The Labute approximate surface area is 157 Å². The van der Waals surface area contributed by atoms with Gasteiger partial charge in [-0.3, -0.25) is 14.4 Å². The van der Waals surface area contributed by atoms with E-state index >= 15 is 0 Å². The molecule has 3 rings (SSSR count). The molecule has 1 aliphatic heterocycles. The molecule has 1 saturated heterocycles. The molecule has 1 aliphatic rings. The van der Waals surface area contributed by atoms with Gasteiger partial charge in [-0.25, -0.2) is 0 Å². The van der Waals surface area contributed by atoms with Crippen LogP contribution < -0.4 is 15.5 Å². The predicted molar refractivity (Wildman–Crippen MR) is 105 cm³/mol. The van der Waals surface area contributed by atoms with Crippen LogP contribution in [0.2, 0.25) is 0 Å². The second kappa shape index (κ2) is 8.31. The first kappa shape index (κ1) is 18.4. The summed E-state index contributed by atoms with van der Waals surface area (Å²) in [5.41, 5.74) is 1.93. The van der Waals surface area contributed by atoms with E-state index < -0.39 is 0 Å². The largest absolute Gasteiger partial charge is 0.349 e. The molecule has 3 amide bonds. The first-order valence-corrected chi connectivity index (χ1v) is 8.80. The summed E-state index contributed by atoms with van der Waals surface area (Å²) in [5.74, 6) is -0.563. The van der Waals surface area contributed by atoms with Crippen molar-refractivity contribution in [2.75, 3.05) is 23.3 Å². The third-order valence-corrected chi connectivity index (χ3v) is 4.32. The lowest BCUT2D eigenvalue weighted by atomic mass is 10.1. The Balaban J connectivity index is 1.79. The van der Waals surface area contributed by atoms with Crippen molar-refractivity contribution in [3.63, 3.8) is 0 Å². The molecule has 2 aromatic carbocycles. The van der Waals surface area contributed by atoms with E-state index in [2.05, 4.69) is 17.2 Å². The number of hydrogen-bond donors (Lipinski definition) is 2. The topological polar surface area (TPSA) is 78.5 Å². The maximum atomic E-state index is 12.7. The second-order valence-corrected chi connectivity index (χ2v) is 6.20. The molecule has 0 atom stereocenters. The molecule has 1 heterocycles. The molecular formula is C21H21N3O3. The van der Waals surface area contributed by atoms with Gasteiger partial charge in [-0.2, -0.15) is 0 Å². The number of benzene rings is 2. The van der Waals surface area contributed by atoms with Crippen molar-refractivity contribution in [2.24, 2.45) is 0 Å². The van der Waals surface area contributed by atoms with E-state index in [9.17, 15) is 14.4 Å². The van der Waals surface area contributed by atoms with Gasteiger partial charge in [0.1, 0.15) is 0 Å². The molecule has 0 radical (unpaired) electrons. The summed E-state index contributed by atoms with van der Waals surface area (Å²) in [5, 5.41) is 5.48. The summed E-state index contributed by atoms with van der Waals surface area (Å²) in [6.07, 6.45) is 2.94. The molecule has 27 heavy (non-hydrogen) atoms. The van der Waals surface area contributed by atoms with Crippen molar-refractivity contribution in [1.29, 1.82) is 0 Å². The average molecular weight is 363 g/mol. The number of anilines is 2. The van der Waals surface area contributed by atoms with Gasteiger partial charge in [0.05, 0.1) is 11.3 Å². The first-order valence-electron chi connectivity index (χ1n) is 8.80. The van der Waals surface area contributed by atoms with Crippen molar-refractivity contribution in [3.05, 3.63) is 72.3 Å². The Morgan fingerprint density at radius 1 is 1.11 bits per heavy atom. The van der Waals surface area contributed by atoms with Crippen LogP contribution >= 0.6 is 0 Å². The highest BCUT2D eigenvalue weighted by Crippen LogP contribution is 2.23. The third-order valence-electron chi connectivity index (χ3n) is 4.32. The number of amides is 3. The van der Waals surface area contributed by atoms with Crippen molar-refractivity contribution >= 4 is 29.1 Å². The van der Waals surface area contributed by atoms with E-state index in [-0.39, 0.29) is 17.7 Å². The normalized spacial score (nSPS) is 13.3. The van der Waals surface area contributed by atoms with Gasteiger partial charge in [-0.15, -0.1) is 6.58 Å². The minimum atomic E-state index is -0.340. The lowest BCUT2D eigenvalue weighted by Gasteiger charge is -2.17. The number of para-hydroxylation sites is 1. The van der Waals surface area contributed by atoms with E-state index in [1.54, 1.807) is 53.4 Å². The number of nitrogens with zero attached hydrogens (tertiary/aromatic N) is 1. The molecule has 0 saturated carbocycles. The van der Waals surface area contributed by atoms with E-state index in [1.165, 1.54) is 0 Å². The Morgan fingerprint density at radius 3 is 2.67 bits per heavy atom. The Kier molecular flexibility index (Phi) is 5.66. The van der Waals surface area contributed by atoms with E-state index in [1.807, 2.05) is 6.07 Å². The SMILES string of the molecule is C=CCNC(=O)c1ccccc1NC(=O)c1cccc(N2CCCC2=O)c1. The smallest absolute Gasteiger partial charge is 0.255 e. The van der Waals surface area contributed by atoms with Crippen LogP contribution in [0.1, 0.15) is 33.6 Å². The molecule has 1 fully saturated rings. The first-order chi connectivity index (χ1) is 13.1. The summed E-state index contributed by atoms with van der Waals surface area (Å²) in [6.45, 7) is 4.57. The van der Waals surface area contributed by atoms with Crippen LogP contribution in [-0.2, 0) is 4.79 Å². The zero-order chi connectivity index (χ0) is 19.2. The Bertz CT molecular complexity index is 892. The standard InChI is InChI=1S/C21H21N3O3/c1-2-12-22-21(27)17-9-3-4-10-18(17)23-20(26)15-7-5-8-16(14-15)24-13-6-11-19(24)25/h2-5,7-10,14H,1,6,11-13H2,(H,22,27)(H,23,26). The molecule has 2 aromatic rings. The molecule has 138 valence electrons. The van der Waals surface area contributed by atoms with Gasteiger partial charge in [0.15, 0.2) is 0 Å². The van der Waals surface area contributed by atoms with Crippen LogP contribution in [0.25, 0.3) is 0 Å². The molecule has 2 N–H and O–H groups in total. The fourth-order valence-corrected chi connectivity index (χ4v) is 2.98. The Hall–Kier alpha value is -3.41. The summed E-state index contributed by atoms with van der Waals surface area (Å²) >= 11 is 0. The van der Waals surface area contributed by atoms with Crippen LogP contribution in [0, 0.1) is 0 Å². The van der Waals surface area contributed by atoms with Crippen LogP contribution in [0.15, 0.2) is 61.2 Å². The minimum absolute atomic E-state index is 0.0665. The van der Waals surface area contributed by atoms with Crippen molar-refractivity contribution in [1.82, 2.24) is 5.32 Å². The highest BCUT2D eigenvalue weighted by Gasteiger charge is 2.22. The van der Waals surface area contributed by atoms with Gasteiger partial charge in [0, 0.05) is 30.8 Å². The van der Waals surface area contributed by atoms with Crippen LogP contribution in [0.3, 0.4) is 0 Å². The summed E-state index contributed by atoms with van der Waals surface area (Å²) in [4.78, 5) is 38.6. The lowest BCUT2D eigenvalue weighted by molar-refractivity contribution is -0.117. The number of rotatable bonds is 6. The number of hydrogen-bond acceptors (Lipinski definition) is 3. The van der Waals surface area contributed by atoms with Crippen LogP contribution in [-0.4, -0.2) is 30.8 Å². The molecule has 0 spiro atoms. The van der Waals surface area contributed by atoms with Gasteiger partial charge < -0.3 is 15.5 Å². The van der Waals surface area contributed by atoms with Gasteiger partial charge in [-0.1, -0.05) is 24.3 Å². The minimum Gasteiger partial charge on any atom is -0.349 e. The second-order valence-electron chi connectivity index (χ2n) is 6.20. The average Bonchev–Trinajstić information content (AvgIpc) is 3.12. The summed E-state index contributed by atoms with van der Waals surface area (Å²) in [6, 6.07) is 13.7. The predicted octanol–water partition coefficient (Wildman–Crippen LogP) is 2.98. The van der Waals surface area contributed by atoms with Crippen LogP contribution in [0.5, 0.6) is 0 Å². The van der Waals surface area contributed by atoms with E-state index in [0.29, 0.717) is 42.0 Å². The summed E-state index contributed by atoms with van der Waals surface area (Å²) in [7, 11) is 0. The van der Waals surface area contributed by atoms with E-state index in [0.717, 1.165) is 6.42 Å². The van der Waals surface area contributed by atoms with Gasteiger partial charge in [0.25, 0.3) is 11.8 Å². The number of nitrogens with one attached hydrogen (secondary N) is 2. The third kappa shape index (κ3) is 4.23. The van der Waals surface area contributed by atoms with Crippen molar-refractivity contribution in [3.8, 4) is 0 Å². The van der Waals surface area contributed by atoms with Crippen molar-refractivity contribution in [2.45, 2.75) is 12.8 Å². The highest BCUT2D eigenvalue weighted by atomic mass is 16.2. The van der Waals surface area contributed by atoms with Crippen molar-refractivity contribution < 1.29 is 14.4 Å². The number of carbonyl (C=O) groups is 3. The fourth-order valence-electron chi connectivity index (χ4n) is 2.98. The monoisotopic (exact) mass is 363 g/mol. The van der Waals surface area contributed by atoms with E-state index in [4.69, 9.17) is 0 Å². The highest BCUT2D eigenvalue weighted by molar-refractivity contribution is 6.09. The quantitative estimate of drug-likeness (QED) is 0.775. The molecule has 6 nitrogen and oxygen atoms in total.